The number of hydrogen-bond donors (Lipinski definition) is 0. The van der Waals surface area contributed by atoms with Crippen LogP contribution in [0, 0.1) is 11.8 Å². The van der Waals surface area contributed by atoms with Crippen LogP contribution in [-0.2, 0) is 9.53 Å². The van der Waals surface area contributed by atoms with Gasteiger partial charge >= 0.3 is 12.1 Å². The molecule has 3 nitrogen and oxygen atoms in total. The van der Waals surface area contributed by atoms with Crippen LogP contribution in [0.5, 0.6) is 0 Å². The zero-order valence-electron chi connectivity index (χ0n) is 8.67. The van der Waals surface area contributed by atoms with Gasteiger partial charge in [0.2, 0.25) is 0 Å². The summed E-state index contributed by atoms with van der Waals surface area (Å²) in [5.41, 5.74) is 0. The highest BCUT2D eigenvalue weighted by Crippen LogP contribution is 2.37. The first kappa shape index (κ1) is 12.3. The topological polar surface area (TPSA) is 29.5 Å². The maximum Gasteiger partial charge on any atom is 0.393 e. The van der Waals surface area contributed by atoms with Gasteiger partial charge in [-0.2, -0.15) is 13.2 Å². The number of carbonyl (C=O) groups is 1. The molecule has 0 saturated carbocycles. The van der Waals surface area contributed by atoms with Gasteiger partial charge in [0, 0.05) is 6.54 Å². The van der Waals surface area contributed by atoms with Crippen LogP contribution in [0.4, 0.5) is 13.2 Å². The Kier molecular flexibility index (Phi) is 3.59. The van der Waals surface area contributed by atoms with Gasteiger partial charge < -0.3 is 9.64 Å². The minimum Gasteiger partial charge on any atom is -0.469 e. The fourth-order valence-corrected chi connectivity index (χ4v) is 1.88. The summed E-state index contributed by atoms with van der Waals surface area (Å²) in [7, 11) is 2.74. The zero-order chi connectivity index (χ0) is 11.6. The summed E-state index contributed by atoms with van der Waals surface area (Å²) in [4.78, 5) is 12.8. The Balaban J connectivity index is 2.80. The van der Waals surface area contributed by atoms with Gasteiger partial charge in [-0.1, -0.05) is 0 Å². The van der Waals surface area contributed by atoms with E-state index in [1.54, 1.807) is 11.9 Å². The second-order valence-electron chi connectivity index (χ2n) is 3.83. The van der Waals surface area contributed by atoms with Gasteiger partial charge in [-0.05, 0) is 20.0 Å². The van der Waals surface area contributed by atoms with Crippen molar-refractivity contribution in [1.82, 2.24) is 4.90 Å². The van der Waals surface area contributed by atoms with E-state index in [-0.39, 0.29) is 13.0 Å². The predicted molar refractivity (Wildman–Crippen MR) is 47.2 cm³/mol. The van der Waals surface area contributed by atoms with Crippen LogP contribution >= 0.6 is 0 Å². The van der Waals surface area contributed by atoms with Crippen molar-refractivity contribution in [3.63, 3.8) is 0 Å². The number of rotatable bonds is 1. The Morgan fingerprint density at radius 2 is 2.07 bits per heavy atom. The second-order valence-corrected chi connectivity index (χ2v) is 3.83. The number of methoxy groups -OCH3 is 1. The molecule has 0 bridgehead atoms. The van der Waals surface area contributed by atoms with E-state index >= 15 is 0 Å². The highest BCUT2D eigenvalue weighted by molar-refractivity contribution is 5.73. The first-order valence-electron chi connectivity index (χ1n) is 4.69. The molecule has 0 radical (unpaired) electrons. The van der Waals surface area contributed by atoms with Crippen molar-refractivity contribution < 1.29 is 22.7 Å². The number of nitrogens with zero attached hydrogens (tertiary/aromatic N) is 1. The summed E-state index contributed by atoms with van der Waals surface area (Å²) in [6.45, 7) is 0.357. The van der Waals surface area contributed by atoms with E-state index in [4.69, 9.17) is 0 Å². The average molecular weight is 225 g/mol. The molecule has 0 spiro atoms. The molecular weight excluding hydrogens is 211 g/mol. The molecule has 1 heterocycles. The van der Waals surface area contributed by atoms with Crippen LogP contribution in [0.15, 0.2) is 0 Å². The summed E-state index contributed by atoms with van der Waals surface area (Å²) in [6, 6.07) is 0. The lowest BCUT2D eigenvalue weighted by molar-refractivity contribution is -0.207. The van der Waals surface area contributed by atoms with Crippen LogP contribution < -0.4 is 0 Å². The van der Waals surface area contributed by atoms with Gasteiger partial charge in [0.15, 0.2) is 0 Å². The molecule has 0 aliphatic carbocycles. The Morgan fingerprint density at radius 1 is 1.47 bits per heavy atom. The molecule has 1 rings (SSSR count). The summed E-state index contributed by atoms with van der Waals surface area (Å²) in [5.74, 6) is -3.42. The number of likely N-dealkylation sites (tertiary alicyclic amines) is 1. The molecule has 0 amide bonds. The number of alkyl halides is 3. The van der Waals surface area contributed by atoms with Gasteiger partial charge in [-0.3, -0.25) is 4.79 Å². The first-order valence-corrected chi connectivity index (χ1v) is 4.69. The molecule has 0 aromatic carbocycles. The molecular formula is C9H14F3NO2. The SMILES string of the molecule is COC(=O)C1CCN(C)CC1C(F)(F)F. The van der Waals surface area contributed by atoms with Crippen molar-refractivity contribution >= 4 is 5.97 Å². The van der Waals surface area contributed by atoms with Gasteiger partial charge in [-0.25, -0.2) is 0 Å². The van der Waals surface area contributed by atoms with Crippen molar-refractivity contribution in [3.05, 3.63) is 0 Å². The maximum absolute atomic E-state index is 12.6. The summed E-state index contributed by atoms with van der Waals surface area (Å²) < 4.78 is 42.3. The van der Waals surface area contributed by atoms with Gasteiger partial charge in [-0.15, -0.1) is 0 Å². The van der Waals surface area contributed by atoms with Gasteiger partial charge in [0.25, 0.3) is 0 Å². The molecule has 1 fully saturated rings. The highest BCUT2D eigenvalue weighted by Gasteiger charge is 2.49. The molecule has 88 valence electrons. The number of piperidine rings is 1. The van der Waals surface area contributed by atoms with Crippen LogP contribution in [0.2, 0.25) is 0 Å². The molecule has 0 N–H and O–H groups in total. The molecule has 0 aromatic rings. The Bertz CT molecular complexity index is 242. The molecule has 1 saturated heterocycles. The number of carbonyl (C=O) groups excluding carboxylic acids is 1. The van der Waals surface area contributed by atoms with E-state index in [2.05, 4.69) is 4.74 Å². The van der Waals surface area contributed by atoms with Crippen LogP contribution in [0.25, 0.3) is 0 Å². The molecule has 0 aromatic heterocycles. The standard InChI is InChI=1S/C9H14F3NO2/c1-13-4-3-6(8(14)15-2)7(5-13)9(10,11)12/h6-7H,3-5H2,1-2H3. The molecule has 6 heteroatoms. The lowest BCUT2D eigenvalue weighted by atomic mass is 9.85. The molecule has 1 aliphatic rings. The minimum absolute atomic E-state index is 0.136. The number of ether oxygens (including phenoxy) is 1. The fraction of sp³-hybridized carbons (Fsp3) is 0.889. The van der Waals surface area contributed by atoms with Crippen LogP contribution in [0.1, 0.15) is 6.42 Å². The minimum atomic E-state index is -4.34. The van der Waals surface area contributed by atoms with Crippen molar-refractivity contribution in [1.29, 1.82) is 0 Å². The first-order chi connectivity index (χ1) is 6.86. The van der Waals surface area contributed by atoms with E-state index in [1.807, 2.05) is 0 Å². The van der Waals surface area contributed by atoms with Crippen molar-refractivity contribution in [2.45, 2.75) is 12.6 Å². The average Bonchev–Trinajstić information content (AvgIpc) is 2.15. The van der Waals surface area contributed by atoms with Crippen molar-refractivity contribution in [2.75, 3.05) is 27.2 Å². The Labute approximate surface area is 86.2 Å². The summed E-state index contributed by atoms with van der Waals surface area (Å²) >= 11 is 0. The Hall–Kier alpha value is -0.780. The van der Waals surface area contributed by atoms with E-state index in [0.29, 0.717) is 6.54 Å². The third-order valence-corrected chi connectivity index (χ3v) is 2.74. The number of esters is 1. The second kappa shape index (κ2) is 4.38. The monoisotopic (exact) mass is 225 g/mol. The smallest absolute Gasteiger partial charge is 0.393 e. The third kappa shape index (κ3) is 2.84. The van der Waals surface area contributed by atoms with Crippen LogP contribution in [0.3, 0.4) is 0 Å². The lowest BCUT2D eigenvalue weighted by Gasteiger charge is -2.36. The molecule has 15 heavy (non-hydrogen) atoms. The lowest BCUT2D eigenvalue weighted by Crippen LogP contribution is -2.48. The quantitative estimate of drug-likeness (QED) is 0.630. The normalized spacial score (nSPS) is 28.9. The van der Waals surface area contributed by atoms with E-state index in [0.717, 1.165) is 7.11 Å². The number of hydrogen-bond acceptors (Lipinski definition) is 3. The van der Waals surface area contributed by atoms with Gasteiger partial charge in [0.05, 0.1) is 18.9 Å². The van der Waals surface area contributed by atoms with Crippen LogP contribution in [-0.4, -0.2) is 44.3 Å². The zero-order valence-corrected chi connectivity index (χ0v) is 8.67. The highest BCUT2D eigenvalue weighted by atomic mass is 19.4. The van der Waals surface area contributed by atoms with Gasteiger partial charge in [0.1, 0.15) is 0 Å². The summed E-state index contributed by atoms with van der Waals surface area (Å²) in [5, 5.41) is 0. The van der Waals surface area contributed by atoms with Crippen molar-refractivity contribution in [2.24, 2.45) is 11.8 Å². The predicted octanol–water partition coefficient (Wildman–Crippen LogP) is 1.29. The van der Waals surface area contributed by atoms with Crippen molar-refractivity contribution in [3.8, 4) is 0 Å². The summed E-state index contributed by atoms with van der Waals surface area (Å²) in [6.07, 6.45) is -4.14. The molecule has 2 unspecified atom stereocenters. The molecule has 1 aliphatic heterocycles. The Morgan fingerprint density at radius 3 is 2.53 bits per heavy atom. The largest absolute Gasteiger partial charge is 0.469 e. The van der Waals surface area contributed by atoms with E-state index in [9.17, 15) is 18.0 Å². The molecule has 2 atom stereocenters. The van der Waals surface area contributed by atoms with E-state index in [1.165, 1.54) is 0 Å². The van der Waals surface area contributed by atoms with E-state index < -0.39 is 24.0 Å². The fourth-order valence-electron chi connectivity index (χ4n) is 1.88. The third-order valence-electron chi connectivity index (χ3n) is 2.74. The number of halogens is 3. The maximum atomic E-state index is 12.6.